The number of hydrogen-bond donors (Lipinski definition) is 2. The molecule has 2 unspecified atom stereocenters. The lowest BCUT2D eigenvalue weighted by molar-refractivity contribution is 0.266. The van der Waals surface area contributed by atoms with Crippen LogP contribution in [0.15, 0.2) is 0 Å². The van der Waals surface area contributed by atoms with Crippen molar-refractivity contribution in [2.45, 2.75) is 13.0 Å². The van der Waals surface area contributed by atoms with Gasteiger partial charge in [-0.2, -0.15) is 0 Å². The van der Waals surface area contributed by atoms with Crippen LogP contribution in [0, 0.1) is 0 Å². The van der Waals surface area contributed by atoms with E-state index in [1.54, 1.807) is 0 Å². The molecule has 0 radical (unpaired) electrons. The van der Waals surface area contributed by atoms with E-state index in [2.05, 4.69) is 9.50 Å². The fraction of sp³-hybridized carbons (Fsp3) is 1.00. The molecule has 0 bridgehead atoms. The van der Waals surface area contributed by atoms with Crippen LogP contribution in [0.5, 0.6) is 0 Å². The van der Waals surface area contributed by atoms with E-state index in [1.807, 2.05) is 6.92 Å². The molecule has 3 N–H and O–H groups in total. The first kappa shape index (κ1) is 11.0. The molecule has 0 aromatic carbocycles. The largest absolute Gasteiger partial charge is 0.750 e. The Hall–Kier alpha value is -0.0100. The number of hydrogen-bond acceptors (Lipinski definition) is 5. The van der Waals surface area contributed by atoms with Crippen molar-refractivity contribution in [2.75, 3.05) is 19.7 Å². The van der Waals surface area contributed by atoms with E-state index in [0.717, 1.165) is 0 Å². The van der Waals surface area contributed by atoms with Crippen LogP contribution >= 0.6 is 0 Å². The summed E-state index contributed by atoms with van der Waals surface area (Å²) in [6, 6.07) is 0.0106. The van der Waals surface area contributed by atoms with Gasteiger partial charge in [0.15, 0.2) is 0 Å². The van der Waals surface area contributed by atoms with Gasteiger partial charge in [0.05, 0.1) is 18.0 Å². The lowest BCUT2D eigenvalue weighted by Gasteiger charge is -2.13. The van der Waals surface area contributed by atoms with Crippen molar-refractivity contribution < 1.29 is 12.9 Å². The lowest BCUT2D eigenvalue weighted by atomic mass is 10.4. The Labute approximate surface area is 68.8 Å². The van der Waals surface area contributed by atoms with Crippen LogP contribution in [0.3, 0.4) is 0 Å². The first-order valence-electron chi connectivity index (χ1n) is 3.32. The molecule has 0 heterocycles. The average Bonchev–Trinajstić information content (AvgIpc) is 1.97. The average molecular weight is 181 g/mol. The second-order valence-electron chi connectivity index (χ2n) is 2.13. The van der Waals surface area contributed by atoms with Gasteiger partial charge in [0.25, 0.3) is 0 Å². The topological polar surface area (TPSA) is 87.4 Å². The molecular formula is C5H13N2O3S-. The minimum atomic E-state index is -2.41. The molecular weight excluding hydrogens is 168 g/mol. The molecule has 0 rings (SSSR count). The van der Waals surface area contributed by atoms with E-state index in [4.69, 9.17) is 5.73 Å². The first-order valence-corrected chi connectivity index (χ1v) is 4.32. The van der Waals surface area contributed by atoms with Gasteiger partial charge in [-0.25, -0.2) is 4.21 Å². The Morgan fingerprint density at radius 2 is 2.45 bits per heavy atom. The maximum Gasteiger partial charge on any atom is 0.0842 e. The Morgan fingerprint density at radius 3 is 2.91 bits per heavy atom. The second kappa shape index (κ2) is 6.68. The SMILES string of the molecule is CC(COS(=O)[O-])NCCN. The Kier molecular flexibility index (Phi) is 6.68. The Morgan fingerprint density at radius 1 is 1.82 bits per heavy atom. The van der Waals surface area contributed by atoms with Crippen LogP contribution in [-0.4, -0.2) is 34.5 Å². The van der Waals surface area contributed by atoms with E-state index >= 15 is 0 Å². The summed E-state index contributed by atoms with van der Waals surface area (Å²) >= 11 is -2.41. The van der Waals surface area contributed by atoms with Gasteiger partial charge in [0.1, 0.15) is 0 Å². The van der Waals surface area contributed by atoms with Crippen molar-refractivity contribution in [3.05, 3.63) is 0 Å². The number of nitrogens with two attached hydrogens (primary N) is 1. The van der Waals surface area contributed by atoms with Gasteiger partial charge in [-0.05, 0) is 6.92 Å². The summed E-state index contributed by atoms with van der Waals surface area (Å²) < 4.78 is 24.1. The molecule has 0 spiro atoms. The molecule has 0 aromatic rings. The summed E-state index contributed by atoms with van der Waals surface area (Å²) in [5.74, 6) is 0. The molecule has 0 fully saturated rings. The molecule has 0 aliphatic heterocycles. The van der Waals surface area contributed by atoms with Crippen molar-refractivity contribution in [3.63, 3.8) is 0 Å². The van der Waals surface area contributed by atoms with Gasteiger partial charge in [-0.15, -0.1) is 0 Å². The predicted molar refractivity (Wildman–Crippen MR) is 41.4 cm³/mol. The Balaban J connectivity index is 3.22. The van der Waals surface area contributed by atoms with Crippen LogP contribution in [0.2, 0.25) is 0 Å². The predicted octanol–water partition coefficient (Wildman–Crippen LogP) is -1.27. The quantitative estimate of drug-likeness (QED) is 0.499. The summed E-state index contributed by atoms with van der Waals surface area (Å²) in [7, 11) is 0. The summed E-state index contributed by atoms with van der Waals surface area (Å²) in [5.41, 5.74) is 5.21. The van der Waals surface area contributed by atoms with Gasteiger partial charge < -0.3 is 15.6 Å². The van der Waals surface area contributed by atoms with Gasteiger partial charge in [-0.1, -0.05) is 0 Å². The van der Waals surface area contributed by atoms with E-state index in [9.17, 15) is 8.76 Å². The van der Waals surface area contributed by atoms with Gasteiger partial charge in [-0.3, -0.25) is 4.18 Å². The van der Waals surface area contributed by atoms with Gasteiger partial charge in [0, 0.05) is 19.1 Å². The van der Waals surface area contributed by atoms with Crippen LogP contribution < -0.4 is 11.1 Å². The fourth-order valence-corrected chi connectivity index (χ4v) is 0.862. The van der Waals surface area contributed by atoms with Crippen LogP contribution in [0.4, 0.5) is 0 Å². The highest BCUT2D eigenvalue weighted by Crippen LogP contribution is 1.85. The molecule has 0 aliphatic rings. The third-order valence-corrected chi connectivity index (χ3v) is 1.38. The van der Waals surface area contributed by atoms with E-state index in [0.29, 0.717) is 13.1 Å². The summed E-state index contributed by atoms with van der Waals surface area (Å²) in [4.78, 5) is 0. The number of rotatable bonds is 6. The van der Waals surface area contributed by atoms with Crippen LogP contribution in [0.25, 0.3) is 0 Å². The minimum absolute atomic E-state index is 0.0106. The minimum Gasteiger partial charge on any atom is -0.750 e. The van der Waals surface area contributed by atoms with Crippen molar-refractivity contribution in [1.82, 2.24) is 5.32 Å². The fourth-order valence-electron chi connectivity index (χ4n) is 0.546. The summed E-state index contributed by atoms with van der Waals surface area (Å²) in [6.07, 6.45) is 0. The molecule has 2 atom stereocenters. The molecule has 0 amide bonds. The Bertz CT molecular complexity index is 122. The molecule has 0 aliphatic carbocycles. The number of nitrogens with one attached hydrogen (secondary N) is 1. The zero-order valence-electron chi connectivity index (χ0n) is 6.41. The summed E-state index contributed by atoms with van der Waals surface area (Å²) in [6.45, 7) is 3.17. The van der Waals surface area contributed by atoms with Crippen LogP contribution in [0.1, 0.15) is 6.92 Å². The van der Waals surface area contributed by atoms with E-state index in [1.165, 1.54) is 0 Å². The molecule has 0 saturated heterocycles. The third-order valence-electron chi connectivity index (χ3n) is 1.05. The molecule has 68 valence electrons. The lowest BCUT2D eigenvalue weighted by Crippen LogP contribution is -2.34. The molecule has 6 heteroatoms. The maximum atomic E-state index is 9.90. The maximum absolute atomic E-state index is 9.90. The zero-order chi connectivity index (χ0) is 8.69. The van der Waals surface area contributed by atoms with Crippen molar-refractivity contribution >= 4 is 11.4 Å². The molecule has 0 aromatic heterocycles. The highest BCUT2D eigenvalue weighted by atomic mass is 32.2. The monoisotopic (exact) mass is 181 g/mol. The second-order valence-corrected chi connectivity index (χ2v) is 2.78. The molecule has 11 heavy (non-hydrogen) atoms. The normalized spacial score (nSPS) is 16.3. The highest BCUT2D eigenvalue weighted by Gasteiger charge is 1.98. The third kappa shape index (κ3) is 7.89. The van der Waals surface area contributed by atoms with Crippen LogP contribution in [-0.2, 0) is 15.5 Å². The zero-order valence-corrected chi connectivity index (χ0v) is 7.23. The summed E-state index contributed by atoms with van der Waals surface area (Å²) in [5, 5.41) is 2.96. The van der Waals surface area contributed by atoms with E-state index < -0.39 is 11.4 Å². The van der Waals surface area contributed by atoms with Crippen molar-refractivity contribution in [2.24, 2.45) is 5.73 Å². The highest BCUT2D eigenvalue weighted by molar-refractivity contribution is 7.74. The van der Waals surface area contributed by atoms with Gasteiger partial charge >= 0.3 is 0 Å². The molecule has 5 nitrogen and oxygen atoms in total. The van der Waals surface area contributed by atoms with Gasteiger partial charge in [0.2, 0.25) is 0 Å². The van der Waals surface area contributed by atoms with Crippen molar-refractivity contribution in [3.8, 4) is 0 Å². The van der Waals surface area contributed by atoms with E-state index in [-0.39, 0.29) is 12.6 Å². The first-order chi connectivity index (χ1) is 5.16. The smallest absolute Gasteiger partial charge is 0.0842 e. The molecule has 0 saturated carbocycles. The van der Waals surface area contributed by atoms with Crippen molar-refractivity contribution in [1.29, 1.82) is 0 Å². The standard InChI is InChI=1S/C5H14N2O3S/c1-5(7-3-2-6)4-10-11(8)9/h5,7H,2-4,6H2,1H3,(H,8,9)/p-1.